The van der Waals surface area contributed by atoms with Gasteiger partial charge in [0.2, 0.25) is 23.6 Å². The average Bonchev–Trinajstić information content (AvgIpc) is 3.42. The normalized spacial score (nSPS) is 28.6. The van der Waals surface area contributed by atoms with Crippen molar-refractivity contribution in [2.24, 2.45) is 17.8 Å². The highest BCUT2D eigenvalue weighted by atomic mass is 16.5. The zero-order chi connectivity index (χ0) is 31.9. The zero-order valence-electron chi connectivity index (χ0n) is 26.8. The first-order chi connectivity index (χ1) is 19.6. The molecule has 1 unspecified atom stereocenters. The minimum Gasteiger partial charge on any atom is -0.452 e. The standard InChI is InChI=1S/C30H51N5O7/c1-10-19(6)24-29(40)34(9)25(18(4)5)30(41)33(8)20(7)26(37)31-14-13-23(36)42-22(16-17(2)3)28(39)35-15-11-12-21(35)27(38)32-24/h17-22,24-25H,10-16H2,1-9H3,(H,31,37)(H,32,38)/t19-,20-,21-,22-,24?,25-/m0/s1. The van der Waals surface area contributed by atoms with Crippen LogP contribution in [0.3, 0.4) is 0 Å². The molecule has 0 aromatic heterocycles. The lowest BCUT2D eigenvalue weighted by molar-refractivity contribution is -0.162. The SMILES string of the molecule is CC[C@H](C)C1NC(=O)[C@@H]2CCCN2C(=O)[C@H](CC(C)C)OC(=O)CCNC(=O)[C@H](C)N(C)C(=O)[C@H](C(C)C)N(C)C1=O. The Kier molecular flexibility index (Phi) is 12.8. The van der Waals surface area contributed by atoms with Gasteiger partial charge >= 0.3 is 5.97 Å². The molecular weight excluding hydrogens is 542 g/mol. The number of ether oxygens (including phenoxy) is 1. The Balaban J connectivity index is 2.54. The summed E-state index contributed by atoms with van der Waals surface area (Å²) in [5, 5.41) is 5.57. The average molecular weight is 594 g/mol. The van der Waals surface area contributed by atoms with E-state index in [0.717, 1.165) is 0 Å². The monoisotopic (exact) mass is 593 g/mol. The first-order valence-electron chi connectivity index (χ1n) is 15.2. The summed E-state index contributed by atoms with van der Waals surface area (Å²) in [5.41, 5.74) is 0. The summed E-state index contributed by atoms with van der Waals surface area (Å²) in [5.74, 6) is -3.36. The van der Waals surface area contributed by atoms with Crippen molar-refractivity contribution >= 4 is 35.5 Å². The molecule has 12 nitrogen and oxygen atoms in total. The molecule has 0 aliphatic carbocycles. The number of hydrogen-bond acceptors (Lipinski definition) is 7. The quantitative estimate of drug-likeness (QED) is 0.457. The molecule has 2 heterocycles. The second-order valence-corrected chi connectivity index (χ2v) is 12.5. The van der Waals surface area contributed by atoms with Crippen LogP contribution < -0.4 is 10.6 Å². The second kappa shape index (κ2) is 15.3. The van der Waals surface area contributed by atoms with Crippen LogP contribution in [0.2, 0.25) is 0 Å². The first-order valence-corrected chi connectivity index (χ1v) is 15.2. The lowest BCUT2D eigenvalue weighted by Crippen LogP contribution is -2.60. The Morgan fingerprint density at radius 2 is 1.55 bits per heavy atom. The number of likely N-dealkylation sites (N-methyl/N-ethyl adjacent to an activating group) is 2. The van der Waals surface area contributed by atoms with Gasteiger partial charge in [0.05, 0.1) is 6.42 Å². The molecule has 2 rings (SSSR count). The van der Waals surface area contributed by atoms with Gasteiger partial charge in [0, 0.05) is 27.2 Å². The van der Waals surface area contributed by atoms with Gasteiger partial charge in [-0.15, -0.1) is 0 Å². The van der Waals surface area contributed by atoms with Crippen LogP contribution in [0.1, 0.15) is 80.6 Å². The summed E-state index contributed by atoms with van der Waals surface area (Å²) in [7, 11) is 3.04. The van der Waals surface area contributed by atoms with Crippen molar-refractivity contribution in [2.75, 3.05) is 27.2 Å². The van der Waals surface area contributed by atoms with Crippen molar-refractivity contribution in [3.8, 4) is 0 Å². The number of nitrogens with zero attached hydrogens (tertiary/aromatic N) is 3. The van der Waals surface area contributed by atoms with Crippen LogP contribution in [-0.4, -0.2) is 108 Å². The van der Waals surface area contributed by atoms with Crippen molar-refractivity contribution in [3.05, 3.63) is 0 Å². The molecule has 0 radical (unpaired) electrons. The van der Waals surface area contributed by atoms with Gasteiger partial charge in [-0.3, -0.25) is 28.8 Å². The summed E-state index contributed by atoms with van der Waals surface area (Å²) >= 11 is 0. The molecule has 238 valence electrons. The fourth-order valence-electron chi connectivity index (χ4n) is 5.53. The summed E-state index contributed by atoms with van der Waals surface area (Å²) in [6, 6.07) is -3.52. The summed E-state index contributed by atoms with van der Waals surface area (Å²) in [6.07, 6.45) is 0.636. The molecule has 12 heteroatoms. The minimum absolute atomic E-state index is 0.0358. The molecule has 42 heavy (non-hydrogen) atoms. The molecule has 0 aromatic rings. The molecule has 2 aliphatic heterocycles. The summed E-state index contributed by atoms with van der Waals surface area (Å²) in [4.78, 5) is 84.6. The zero-order valence-corrected chi connectivity index (χ0v) is 26.8. The van der Waals surface area contributed by atoms with Crippen molar-refractivity contribution < 1.29 is 33.5 Å². The van der Waals surface area contributed by atoms with Gasteiger partial charge in [-0.05, 0) is 43.9 Å². The molecule has 0 spiro atoms. The predicted octanol–water partition coefficient (Wildman–Crippen LogP) is 1.32. The van der Waals surface area contributed by atoms with E-state index < -0.39 is 65.8 Å². The topological polar surface area (TPSA) is 145 Å². The highest BCUT2D eigenvalue weighted by Gasteiger charge is 2.42. The number of fused-ring (bicyclic) bond motifs is 1. The predicted molar refractivity (Wildman–Crippen MR) is 157 cm³/mol. The van der Waals surface area contributed by atoms with Crippen LogP contribution in [0, 0.1) is 17.8 Å². The van der Waals surface area contributed by atoms with Crippen LogP contribution in [-0.2, 0) is 33.5 Å². The molecule has 2 N–H and O–H groups in total. The van der Waals surface area contributed by atoms with E-state index in [1.807, 2.05) is 41.5 Å². The third-order valence-electron chi connectivity index (χ3n) is 8.44. The molecule has 0 saturated carbocycles. The second-order valence-electron chi connectivity index (χ2n) is 12.5. The van der Waals surface area contributed by atoms with E-state index in [1.165, 1.54) is 21.7 Å². The maximum atomic E-state index is 13.9. The van der Waals surface area contributed by atoms with E-state index in [9.17, 15) is 28.8 Å². The Morgan fingerprint density at radius 3 is 2.12 bits per heavy atom. The van der Waals surface area contributed by atoms with Gasteiger partial charge < -0.3 is 30.1 Å². The number of nitrogens with one attached hydrogen (secondary N) is 2. The largest absolute Gasteiger partial charge is 0.452 e. The number of esters is 1. The Labute approximate surface area is 250 Å². The van der Waals surface area contributed by atoms with E-state index in [0.29, 0.717) is 25.8 Å². The Morgan fingerprint density at radius 1 is 0.905 bits per heavy atom. The molecule has 2 saturated heterocycles. The maximum absolute atomic E-state index is 13.9. The third-order valence-corrected chi connectivity index (χ3v) is 8.44. The number of carbonyl (C=O) groups is 6. The minimum atomic E-state index is -1.07. The summed E-state index contributed by atoms with van der Waals surface area (Å²) in [6.45, 7) is 13.1. The van der Waals surface area contributed by atoms with Crippen LogP contribution in [0.5, 0.6) is 0 Å². The van der Waals surface area contributed by atoms with Gasteiger partial charge in [0.1, 0.15) is 24.2 Å². The van der Waals surface area contributed by atoms with E-state index in [4.69, 9.17) is 4.74 Å². The van der Waals surface area contributed by atoms with Gasteiger partial charge in [0.25, 0.3) is 5.91 Å². The summed E-state index contributed by atoms with van der Waals surface area (Å²) < 4.78 is 5.59. The van der Waals surface area contributed by atoms with Crippen LogP contribution in [0.15, 0.2) is 0 Å². The van der Waals surface area contributed by atoms with Gasteiger partial charge in [0.15, 0.2) is 6.10 Å². The Hall–Kier alpha value is -3.18. The molecule has 0 aromatic carbocycles. The smallest absolute Gasteiger partial charge is 0.308 e. The molecule has 0 bridgehead atoms. The van der Waals surface area contributed by atoms with E-state index in [-0.39, 0.29) is 37.1 Å². The van der Waals surface area contributed by atoms with Crippen molar-refractivity contribution in [1.29, 1.82) is 0 Å². The third kappa shape index (κ3) is 8.44. The van der Waals surface area contributed by atoms with Crippen LogP contribution in [0.25, 0.3) is 0 Å². The van der Waals surface area contributed by atoms with Crippen molar-refractivity contribution in [2.45, 2.75) is 111 Å². The van der Waals surface area contributed by atoms with Gasteiger partial charge in [-0.1, -0.05) is 48.0 Å². The van der Waals surface area contributed by atoms with E-state index in [1.54, 1.807) is 14.0 Å². The number of hydrogen-bond donors (Lipinski definition) is 2. The van der Waals surface area contributed by atoms with Crippen LogP contribution >= 0.6 is 0 Å². The lowest BCUT2D eigenvalue weighted by atomic mass is 9.94. The van der Waals surface area contributed by atoms with Crippen molar-refractivity contribution in [3.63, 3.8) is 0 Å². The van der Waals surface area contributed by atoms with Gasteiger partial charge in [-0.2, -0.15) is 0 Å². The van der Waals surface area contributed by atoms with E-state index in [2.05, 4.69) is 10.6 Å². The molecule has 5 amide bonds. The first kappa shape index (κ1) is 35.0. The number of amides is 5. The maximum Gasteiger partial charge on any atom is 0.308 e. The number of cyclic esters (lactones) is 1. The fraction of sp³-hybridized carbons (Fsp3) is 0.800. The lowest BCUT2D eigenvalue weighted by Gasteiger charge is -2.38. The highest BCUT2D eigenvalue weighted by Crippen LogP contribution is 2.24. The molecule has 6 atom stereocenters. The van der Waals surface area contributed by atoms with E-state index >= 15 is 0 Å². The molecular formula is C30H51N5O7. The highest BCUT2D eigenvalue weighted by molar-refractivity contribution is 5.96. The number of carbonyl (C=O) groups excluding carboxylic acids is 6. The number of rotatable bonds is 5. The van der Waals surface area contributed by atoms with Crippen LogP contribution in [0.4, 0.5) is 0 Å². The van der Waals surface area contributed by atoms with Crippen molar-refractivity contribution in [1.82, 2.24) is 25.3 Å². The Bertz CT molecular complexity index is 1020. The molecule has 2 fully saturated rings. The fourth-order valence-corrected chi connectivity index (χ4v) is 5.53. The molecule has 2 aliphatic rings. The van der Waals surface area contributed by atoms with Gasteiger partial charge in [-0.25, -0.2) is 0 Å².